The second-order valence-corrected chi connectivity index (χ2v) is 6.50. The molecule has 3 unspecified atom stereocenters. The van der Waals surface area contributed by atoms with E-state index in [2.05, 4.69) is 30.8 Å². The first kappa shape index (κ1) is 15.8. The predicted molar refractivity (Wildman–Crippen MR) is 84.1 cm³/mol. The van der Waals surface area contributed by atoms with Gasteiger partial charge in [-0.2, -0.15) is 0 Å². The normalized spacial score (nSPS) is 25.3. The largest absolute Gasteiger partial charge is 0.388 e. The Labute approximate surface area is 127 Å². The van der Waals surface area contributed by atoms with E-state index in [9.17, 15) is 5.11 Å². The smallest absolute Gasteiger partial charge is 0.0816 e. The van der Waals surface area contributed by atoms with Gasteiger partial charge in [-0.05, 0) is 38.1 Å². The van der Waals surface area contributed by atoms with Crippen molar-refractivity contribution >= 4 is 11.6 Å². The highest BCUT2D eigenvalue weighted by Crippen LogP contribution is 2.26. The number of halogens is 1. The van der Waals surface area contributed by atoms with Crippen LogP contribution in [0.5, 0.6) is 0 Å². The number of benzene rings is 1. The number of hydrogen-bond donors (Lipinski definition) is 1. The maximum absolute atomic E-state index is 10.3. The SMILES string of the molecule is CC1CN(CCC(O)c2ccccc2Cl)CC1N(C)C. The fraction of sp³-hybridized carbons (Fsp3) is 0.625. The molecule has 1 aromatic carbocycles. The minimum absolute atomic E-state index is 0.475. The first-order chi connectivity index (χ1) is 9.49. The molecule has 0 bridgehead atoms. The van der Waals surface area contributed by atoms with Gasteiger partial charge in [0.25, 0.3) is 0 Å². The van der Waals surface area contributed by atoms with Gasteiger partial charge in [0.2, 0.25) is 0 Å². The number of aliphatic hydroxyl groups excluding tert-OH is 1. The van der Waals surface area contributed by atoms with Crippen LogP contribution < -0.4 is 0 Å². The van der Waals surface area contributed by atoms with Crippen LogP contribution >= 0.6 is 11.6 Å². The van der Waals surface area contributed by atoms with Gasteiger partial charge in [-0.1, -0.05) is 36.7 Å². The van der Waals surface area contributed by atoms with Crippen molar-refractivity contribution in [1.29, 1.82) is 0 Å². The van der Waals surface area contributed by atoms with Gasteiger partial charge < -0.3 is 14.9 Å². The highest BCUT2D eigenvalue weighted by Gasteiger charge is 2.30. The zero-order valence-corrected chi connectivity index (χ0v) is 13.3. The molecular formula is C16H25ClN2O. The Morgan fingerprint density at radius 1 is 1.35 bits per heavy atom. The quantitative estimate of drug-likeness (QED) is 0.905. The molecule has 20 heavy (non-hydrogen) atoms. The van der Waals surface area contributed by atoms with E-state index in [-0.39, 0.29) is 0 Å². The Kier molecular flexibility index (Phi) is 5.44. The van der Waals surface area contributed by atoms with Gasteiger partial charge in [-0.3, -0.25) is 0 Å². The van der Waals surface area contributed by atoms with E-state index in [1.165, 1.54) is 0 Å². The van der Waals surface area contributed by atoms with Crippen molar-refractivity contribution in [1.82, 2.24) is 9.80 Å². The summed E-state index contributed by atoms with van der Waals surface area (Å²) in [4.78, 5) is 4.74. The average molecular weight is 297 g/mol. The molecule has 0 spiro atoms. The molecule has 0 amide bonds. The van der Waals surface area contributed by atoms with Crippen LogP contribution in [0.2, 0.25) is 5.02 Å². The molecule has 3 atom stereocenters. The summed E-state index contributed by atoms with van der Waals surface area (Å²) in [5.41, 5.74) is 0.838. The lowest BCUT2D eigenvalue weighted by atomic mass is 10.1. The van der Waals surface area contributed by atoms with Gasteiger partial charge in [0, 0.05) is 30.7 Å². The van der Waals surface area contributed by atoms with Gasteiger partial charge in [0.15, 0.2) is 0 Å². The van der Waals surface area contributed by atoms with Crippen molar-refractivity contribution in [2.75, 3.05) is 33.7 Å². The molecule has 1 saturated heterocycles. The summed E-state index contributed by atoms with van der Waals surface area (Å²) in [6, 6.07) is 8.17. The summed E-state index contributed by atoms with van der Waals surface area (Å²) in [6.45, 7) is 5.41. The molecule has 1 N–H and O–H groups in total. The lowest BCUT2D eigenvalue weighted by Crippen LogP contribution is -2.34. The van der Waals surface area contributed by atoms with Crippen molar-refractivity contribution in [2.45, 2.75) is 25.5 Å². The van der Waals surface area contributed by atoms with E-state index in [0.717, 1.165) is 31.6 Å². The predicted octanol–water partition coefficient (Wildman–Crippen LogP) is 2.65. The Hall–Kier alpha value is -0.610. The van der Waals surface area contributed by atoms with Crippen molar-refractivity contribution in [3.63, 3.8) is 0 Å². The first-order valence-electron chi connectivity index (χ1n) is 7.30. The molecule has 3 nitrogen and oxygen atoms in total. The molecule has 1 heterocycles. The second-order valence-electron chi connectivity index (χ2n) is 6.09. The summed E-state index contributed by atoms with van der Waals surface area (Å²) in [7, 11) is 4.28. The van der Waals surface area contributed by atoms with Crippen LogP contribution in [0.4, 0.5) is 0 Å². The topological polar surface area (TPSA) is 26.7 Å². The molecule has 4 heteroatoms. The van der Waals surface area contributed by atoms with Crippen LogP contribution in [0.15, 0.2) is 24.3 Å². The van der Waals surface area contributed by atoms with Gasteiger partial charge in [0.05, 0.1) is 6.10 Å². The van der Waals surface area contributed by atoms with Gasteiger partial charge in [-0.15, -0.1) is 0 Å². The highest BCUT2D eigenvalue weighted by molar-refractivity contribution is 6.31. The second kappa shape index (κ2) is 6.90. The maximum Gasteiger partial charge on any atom is 0.0816 e. The van der Waals surface area contributed by atoms with E-state index in [0.29, 0.717) is 17.0 Å². The van der Waals surface area contributed by atoms with Crippen LogP contribution in [-0.2, 0) is 0 Å². The average Bonchev–Trinajstić information content (AvgIpc) is 2.78. The molecule has 1 aliphatic heterocycles. The van der Waals surface area contributed by atoms with E-state index >= 15 is 0 Å². The molecule has 0 saturated carbocycles. The zero-order valence-electron chi connectivity index (χ0n) is 12.6. The number of nitrogens with zero attached hydrogens (tertiary/aromatic N) is 2. The maximum atomic E-state index is 10.3. The van der Waals surface area contributed by atoms with E-state index in [1.807, 2.05) is 24.3 Å². The molecule has 2 rings (SSSR count). The van der Waals surface area contributed by atoms with Crippen molar-refractivity contribution in [3.05, 3.63) is 34.9 Å². The van der Waals surface area contributed by atoms with Gasteiger partial charge >= 0.3 is 0 Å². The van der Waals surface area contributed by atoms with E-state index in [4.69, 9.17) is 11.6 Å². The molecule has 112 valence electrons. The molecular weight excluding hydrogens is 272 g/mol. The summed E-state index contributed by atoms with van der Waals surface area (Å²) < 4.78 is 0. The number of hydrogen-bond acceptors (Lipinski definition) is 3. The van der Waals surface area contributed by atoms with Gasteiger partial charge in [-0.25, -0.2) is 0 Å². The number of likely N-dealkylation sites (N-methyl/N-ethyl adjacent to an activating group) is 1. The molecule has 1 aromatic rings. The first-order valence-corrected chi connectivity index (χ1v) is 7.68. The van der Waals surface area contributed by atoms with Crippen molar-refractivity contribution in [3.8, 4) is 0 Å². The molecule has 0 radical (unpaired) electrons. The summed E-state index contributed by atoms with van der Waals surface area (Å²) in [5.74, 6) is 0.683. The van der Waals surface area contributed by atoms with Crippen LogP contribution in [0.25, 0.3) is 0 Å². The van der Waals surface area contributed by atoms with Gasteiger partial charge in [0.1, 0.15) is 0 Å². The Morgan fingerprint density at radius 3 is 2.65 bits per heavy atom. The zero-order chi connectivity index (χ0) is 14.7. The standard InChI is InChI=1S/C16H25ClN2O/c1-12-10-19(11-15(12)18(2)3)9-8-16(20)13-6-4-5-7-14(13)17/h4-7,12,15-16,20H,8-11H2,1-3H3. The Bertz CT molecular complexity index is 438. The van der Waals surface area contributed by atoms with E-state index < -0.39 is 6.10 Å². The summed E-state index contributed by atoms with van der Waals surface area (Å²) in [5, 5.41) is 10.9. The summed E-state index contributed by atoms with van der Waals surface area (Å²) >= 11 is 6.12. The Morgan fingerprint density at radius 2 is 2.05 bits per heavy atom. The number of rotatable bonds is 5. The van der Waals surface area contributed by atoms with Crippen molar-refractivity contribution in [2.24, 2.45) is 5.92 Å². The monoisotopic (exact) mass is 296 g/mol. The fourth-order valence-electron chi connectivity index (χ4n) is 3.11. The van der Waals surface area contributed by atoms with Crippen LogP contribution in [0.3, 0.4) is 0 Å². The van der Waals surface area contributed by atoms with Crippen molar-refractivity contribution < 1.29 is 5.11 Å². The summed E-state index contributed by atoms with van der Waals surface area (Å²) in [6.07, 6.45) is 0.258. The molecule has 1 aliphatic rings. The Balaban J connectivity index is 1.86. The molecule has 1 fully saturated rings. The minimum Gasteiger partial charge on any atom is -0.388 e. The van der Waals surface area contributed by atoms with Crippen LogP contribution in [0.1, 0.15) is 25.0 Å². The minimum atomic E-state index is -0.475. The number of aliphatic hydroxyl groups is 1. The lowest BCUT2D eigenvalue weighted by molar-refractivity contribution is 0.146. The van der Waals surface area contributed by atoms with Crippen LogP contribution in [0, 0.1) is 5.92 Å². The third-order valence-electron chi connectivity index (χ3n) is 4.29. The highest BCUT2D eigenvalue weighted by atomic mass is 35.5. The molecule has 0 aromatic heterocycles. The number of likely N-dealkylation sites (tertiary alicyclic amines) is 1. The third kappa shape index (κ3) is 3.73. The fourth-order valence-corrected chi connectivity index (χ4v) is 3.37. The lowest BCUT2D eigenvalue weighted by Gasteiger charge is -2.23. The van der Waals surface area contributed by atoms with E-state index in [1.54, 1.807) is 0 Å². The molecule has 0 aliphatic carbocycles. The van der Waals surface area contributed by atoms with Crippen LogP contribution in [-0.4, -0.2) is 54.7 Å². The third-order valence-corrected chi connectivity index (χ3v) is 4.64.